The molecule has 0 aromatic heterocycles. The van der Waals surface area contributed by atoms with Gasteiger partial charge in [0.2, 0.25) is 0 Å². The lowest BCUT2D eigenvalue weighted by molar-refractivity contribution is -0.0717. The maximum atomic E-state index is 5.69. The van der Waals surface area contributed by atoms with Crippen molar-refractivity contribution in [3.05, 3.63) is 0 Å². The normalized spacial score (nSPS) is 36.5. The smallest absolute Gasteiger partial charge is 0.0802 e. The van der Waals surface area contributed by atoms with E-state index in [0.717, 1.165) is 24.4 Å². The molecule has 0 bridgehead atoms. The van der Waals surface area contributed by atoms with Gasteiger partial charge in [0, 0.05) is 19.7 Å². The van der Waals surface area contributed by atoms with Gasteiger partial charge in [0.25, 0.3) is 0 Å². The van der Waals surface area contributed by atoms with Crippen molar-refractivity contribution in [3.63, 3.8) is 0 Å². The zero-order valence-corrected chi connectivity index (χ0v) is 11.2. The summed E-state index contributed by atoms with van der Waals surface area (Å²) in [6.07, 6.45) is 12.7. The molecular formula is C15H27NO. The number of methoxy groups -OCH3 is 1. The lowest BCUT2D eigenvalue weighted by Crippen LogP contribution is -2.51. The summed E-state index contributed by atoms with van der Waals surface area (Å²) < 4.78 is 5.69. The van der Waals surface area contributed by atoms with Crippen LogP contribution in [0, 0.1) is 11.8 Å². The van der Waals surface area contributed by atoms with Crippen LogP contribution in [-0.2, 0) is 4.74 Å². The van der Waals surface area contributed by atoms with Crippen LogP contribution in [0.3, 0.4) is 0 Å². The maximum Gasteiger partial charge on any atom is 0.0802 e. The molecule has 3 aliphatic rings. The highest BCUT2D eigenvalue weighted by Crippen LogP contribution is 2.44. The molecule has 0 spiro atoms. The van der Waals surface area contributed by atoms with Gasteiger partial charge in [-0.1, -0.05) is 12.8 Å². The average molecular weight is 237 g/mol. The molecule has 0 heterocycles. The van der Waals surface area contributed by atoms with E-state index < -0.39 is 0 Å². The molecule has 0 aliphatic heterocycles. The largest absolute Gasteiger partial charge is 0.377 e. The van der Waals surface area contributed by atoms with Crippen LogP contribution in [-0.4, -0.2) is 25.3 Å². The standard InChI is InChI=1S/C15H27NO/c1-17-15(8-3-9-15)11-16-14-5-2-4-13(10-14)12-6-7-12/h12-14,16H,2-11H2,1H3. The van der Waals surface area contributed by atoms with Gasteiger partial charge >= 0.3 is 0 Å². The van der Waals surface area contributed by atoms with Crippen molar-refractivity contribution in [3.8, 4) is 0 Å². The third-order valence-electron chi connectivity index (χ3n) is 5.41. The Bertz CT molecular complexity index is 252. The molecule has 2 atom stereocenters. The zero-order valence-electron chi connectivity index (χ0n) is 11.2. The monoisotopic (exact) mass is 237 g/mol. The third kappa shape index (κ3) is 2.68. The van der Waals surface area contributed by atoms with Crippen molar-refractivity contribution in [2.45, 2.75) is 69.4 Å². The fourth-order valence-corrected chi connectivity index (χ4v) is 3.76. The minimum Gasteiger partial charge on any atom is -0.377 e. The number of rotatable bonds is 5. The van der Waals surface area contributed by atoms with Crippen LogP contribution in [0.2, 0.25) is 0 Å². The number of nitrogens with one attached hydrogen (secondary N) is 1. The van der Waals surface area contributed by atoms with Crippen LogP contribution in [0.5, 0.6) is 0 Å². The van der Waals surface area contributed by atoms with E-state index in [1.807, 2.05) is 7.11 Å². The highest BCUT2D eigenvalue weighted by atomic mass is 16.5. The first-order valence-corrected chi connectivity index (χ1v) is 7.60. The Labute approximate surface area is 105 Å². The molecule has 0 aromatic carbocycles. The van der Waals surface area contributed by atoms with Gasteiger partial charge in [-0.2, -0.15) is 0 Å². The van der Waals surface area contributed by atoms with Gasteiger partial charge in [-0.15, -0.1) is 0 Å². The fraction of sp³-hybridized carbons (Fsp3) is 1.00. The Hall–Kier alpha value is -0.0800. The van der Waals surface area contributed by atoms with Crippen LogP contribution >= 0.6 is 0 Å². The van der Waals surface area contributed by atoms with Gasteiger partial charge in [0.1, 0.15) is 0 Å². The average Bonchev–Trinajstić information content (AvgIpc) is 3.12. The van der Waals surface area contributed by atoms with Crippen LogP contribution in [0.15, 0.2) is 0 Å². The van der Waals surface area contributed by atoms with Gasteiger partial charge in [-0.05, 0) is 56.8 Å². The summed E-state index contributed by atoms with van der Waals surface area (Å²) in [5.41, 5.74) is 0.201. The van der Waals surface area contributed by atoms with Crippen LogP contribution in [0.25, 0.3) is 0 Å². The van der Waals surface area contributed by atoms with Gasteiger partial charge in [-0.3, -0.25) is 0 Å². The van der Waals surface area contributed by atoms with Crippen molar-refractivity contribution in [1.82, 2.24) is 5.32 Å². The second kappa shape index (κ2) is 4.89. The molecule has 3 rings (SSSR count). The maximum absolute atomic E-state index is 5.69. The molecule has 0 amide bonds. The molecular weight excluding hydrogens is 210 g/mol. The Balaban J connectivity index is 1.44. The van der Waals surface area contributed by atoms with E-state index in [4.69, 9.17) is 4.74 Å². The molecule has 2 unspecified atom stereocenters. The Morgan fingerprint density at radius 3 is 2.47 bits per heavy atom. The van der Waals surface area contributed by atoms with E-state index in [2.05, 4.69) is 5.32 Å². The highest BCUT2D eigenvalue weighted by molar-refractivity contribution is 4.94. The molecule has 3 aliphatic carbocycles. The molecule has 0 saturated heterocycles. The molecule has 98 valence electrons. The van der Waals surface area contributed by atoms with Gasteiger partial charge in [-0.25, -0.2) is 0 Å². The van der Waals surface area contributed by atoms with Gasteiger partial charge < -0.3 is 10.1 Å². The van der Waals surface area contributed by atoms with E-state index in [-0.39, 0.29) is 5.60 Å². The first-order valence-electron chi connectivity index (χ1n) is 7.60. The van der Waals surface area contributed by atoms with E-state index in [1.165, 1.54) is 57.8 Å². The predicted octanol–water partition coefficient (Wildman–Crippen LogP) is 3.11. The Kier molecular flexibility index (Phi) is 3.45. The van der Waals surface area contributed by atoms with Crippen molar-refractivity contribution >= 4 is 0 Å². The summed E-state index contributed by atoms with van der Waals surface area (Å²) in [5.74, 6) is 2.14. The van der Waals surface area contributed by atoms with E-state index in [1.54, 1.807) is 0 Å². The second-order valence-corrected chi connectivity index (χ2v) is 6.58. The summed E-state index contributed by atoms with van der Waals surface area (Å²) in [6, 6.07) is 0.780. The second-order valence-electron chi connectivity index (χ2n) is 6.58. The van der Waals surface area contributed by atoms with Crippen LogP contribution < -0.4 is 5.32 Å². The summed E-state index contributed by atoms with van der Waals surface area (Å²) in [7, 11) is 1.88. The fourth-order valence-electron chi connectivity index (χ4n) is 3.76. The van der Waals surface area contributed by atoms with Crippen molar-refractivity contribution in [1.29, 1.82) is 0 Å². The van der Waals surface area contributed by atoms with E-state index in [9.17, 15) is 0 Å². The first kappa shape index (κ1) is 12.0. The lowest BCUT2D eigenvalue weighted by atomic mass is 9.78. The summed E-state index contributed by atoms with van der Waals surface area (Å²) in [4.78, 5) is 0. The highest BCUT2D eigenvalue weighted by Gasteiger charge is 2.39. The zero-order chi connectivity index (χ0) is 11.7. The number of ether oxygens (including phenoxy) is 1. The van der Waals surface area contributed by atoms with Crippen LogP contribution in [0.4, 0.5) is 0 Å². The SMILES string of the molecule is COC1(CNC2CCCC(C3CC3)C2)CCC1. The van der Waals surface area contributed by atoms with Crippen molar-refractivity contribution in [2.24, 2.45) is 11.8 Å². The topological polar surface area (TPSA) is 21.3 Å². The van der Waals surface area contributed by atoms with Crippen LogP contribution in [0.1, 0.15) is 57.8 Å². The summed E-state index contributed by atoms with van der Waals surface area (Å²) in [6.45, 7) is 1.09. The number of hydrogen-bond acceptors (Lipinski definition) is 2. The summed E-state index contributed by atoms with van der Waals surface area (Å²) >= 11 is 0. The van der Waals surface area contributed by atoms with E-state index >= 15 is 0 Å². The minimum atomic E-state index is 0.201. The molecule has 2 heteroatoms. The van der Waals surface area contributed by atoms with Crippen molar-refractivity contribution < 1.29 is 4.74 Å². The van der Waals surface area contributed by atoms with Crippen molar-refractivity contribution in [2.75, 3.05) is 13.7 Å². The molecule has 3 fully saturated rings. The Morgan fingerprint density at radius 2 is 1.88 bits per heavy atom. The minimum absolute atomic E-state index is 0.201. The molecule has 0 aromatic rings. The van der Waals surface area contributed by atoms with Gasteiger partial charge in [0.15, 0.2) is 0 Å². The quantitative estimate of drug-likeness (QED) is 0.793. The molecule has 17 heavy (non-hydrogen) atoms. The molecule has 3 saturated carbocycles. The summed E-state index contributed by atoms with van der Waals surface area (Å²) in [5, 5.41) is 3.80. The lowest BCUT2D eigenvalue weighted by Gasteiger charge is -2.42. The van der Waals surface area contributed by atoms with Gasteiger partial charge in [0.05, 0.1) is 5.60 Å². The predicted molar refractivity (Wildman–Crippen MR) is 70.1 cm³/mol. The molecule has 0 radical (unpaired) electrons. The third-order valence-corrected chi connectivity index (χ3v) is 5.41. The number of hydrogen-bond donors (Lipinski definition) is 1. The van der Waals surface area contributed by atoms with E-state index in [0.29, 0.717) is 0 Å². The molecule has 1 N–H and O–H groups in total. The first-order chi connectivity index (χ1) is 8.31. The molecule has 2 nitrogen and oxygen atoms in total. The Morgan fingerprint density at radius 1 is 1.06 bits per heavy atom.